The molecule has 2 aromatic heterocycles. The first-order valence-corrected chi connectivity index (χ1v) is 9.63. The Hall–Kier alpha value is -2.88. The maximum Gasteiger partial charge on any atom is 0.635 e. The van der Waals surface area contributed by atoms with Crippen molar-refractivity contribution in [3.8, 4) is 5.75 Å². The van der Waals surface area contributed by atoms with Crippen LogP contribution in [0, 0.1) is 13.8 Å². The standard InChI is InChI=1S/C21H25BN2O6/c1-13-4-8-18-15(12-29-21(18)14(13)2)10-20(30-22(26)27)24-19(25)9-6-16-5-7-17(28-3)11-23-16/h4-5,7-8,11-12,20,26-27H,6,9-10H2,1-3H3,(H,24,25)/t20-/m1/s1. The van der Waals surface area contributed by atoms with Crippen LogP contribution in [0.1, 0.15) is 28.8 Å². The lowest BCUT2D eigenvalue weighted by Crippen LogP contribution is -2.42. The van der Waals surface area contributed by atoms with Crippen molar-refractivity contribution in [2.24, 2.45) is 0 Å². The first-order valence-electron chi connectivity index (χ1n) is 9.63. The second-order valence-corrected chi connectivity index (χ2v) is 7.06. The summed E-state index contributed by atoms with van der Waals surface area (Å²) in [4.78, 5) is 16.6. The lowest BCUT2D eigenvalue weighted by atomic mass is 10.0. The Labute approximate surface area is 175 Å². The van der Waals surface area contributed by atoms with Crippen molar-refractivity contribution in [1.29, 1.82) is 0 Å². The molecule has 9 heteroatoms. The van der Waals surface area contributed by atoms with E-state index in [2.05, 4.69) is 10.3 Å². The Morgan fingerprint density at radius 1 is 1.27 bits per heavy atom. The van der Waals surface area contributed by atoms with Gasteiger partial charge in [-0.25, -0.2) is 0 Å². The fourth-order valence-electron chi connectivity index (χ4n) is 3.20. The van der Waals surface area contributed by atoms with Gasteiger partial charge in [0.05, 0.1) is 19.6 Å². The van der Waals surface area contributed by atoms with Crippen LogP contribution in [0.3, 0.4) is 0 Å². The predicted molar refractivity (Wildman–Crippen MR) is 112 cm³/mol. The number of fused-ring (bicyclic) bond motifs is 1. The van der Waals surface area contributed by atoms with Gasteiger partial charge in [-0.2, -0.15) is 0 Å². The number of aryl methyl sites for hydroxylation is 3. The monoisotopic (exact) mass is 412 g/mol. The normalized spacial score (nSPS) is 12.0. The first-order chi connectivity index (χ1) is 14.4. The van der Waals surface area contributed by atoms with Crippen molar-refractivity contribution in [2.45, 2.75) is 39.3 Å². The number of carbonyl (C=O) groups is 1. The number of rotatable bonds is 9. The number of hydrogen-bond donors (Lipinski definition) is 3. The van der Waals surface area contributed by atoms with Gasteiger partial charge in [-0.15, -0.1) is 0 Å². The van der Waals surface area contributed by atoms with Gasteiger partial charge in [0.25, 0.3) is 0 Å². The van der Waals surface area contributed by atoms with Crippen LogP contribution in [0.4, 0.5) is 0 Å². The molecule has 0 aliphatic heterocycles. The molecule has 1 amide bonds. The zero-order valence-corrected chi connectivity index (χ0v) is 17.2. The van der Waals surface area contributed by atoms with E-state index in [1.807, 2.05) is 26.0 Å². The average Bonchev–Trinajstić information content (AvgIpc) is 3.12. The van der Waals surface area contributed by atoms with Crippen LogP contribution < -0.4 is 10.1 Å². The van der Waals surface area contributed by atoms with Crippen molar-refractivity contribution < 1.29 is 28.7 Å². The summed E-state index contributed by atoms with van der Waals surface area (Å²) < 4.78 is 15.8. The number of aromatic nitrogens is 1. The molecule has 0 saturated heterocycles. The minimum absolute atomic E-state index is 0.172. The quantitative estimate of drug-likeness (QED) is 0.364. The highest BCUT2D eigenvalue weighted by atomic mass is 16.6. The van der Waals surface area contributed by atoms with Crippen molar-refractivity contribution in [3.63, 3.8) is 0 Å². The number of carbonyl (C=O) groups excluding carboxylic acids is 1. The topological polar surface area (TPSA) is 114 Å². The smallest absolute Gasteiger partial charge is 0.495 e. The summed E-state index contributed by atoms with van der Waals surface area (Å²) in [6, 6.07) is 7.51. The number of ether oxygens (including phenoxy) is 1. The minimum Gasteiger partial charge on any atom is -0.495 e. The van der Waals surface area contributed by atoms with Crippen molar-refractivity contribution in [1.82, 2.24) is 10.3 Å². The fourth-order valence-corrected chi connectivity index (χ4v) is 3.20. The molecule has 3 rings (SSSR count). The maximum atomic E-state index is 12.4. The summed E-state index contributed by atoms with van der Waals surface area (Å²) in [5, 5.41) is 22.1. The van der Waals surface area contributed by atoms with Gasteiger partial charge >= 0.3 is 7.32 Å². The van der Waals surface area contributed by atoms with Gasteiger partial charge in [0.1, 0.15) is 17.6 Å². The third kappa shape index (κ3) is 5.38. The molecule has 2 heterocycles. The zero-order chi connectivity index (χ0) is 21.7. The van der Waals surface area contributed by atoms with E-state index in [9.17, 15) is 14.8 Å². The molecule has 1 aromatic carbocycles. The fraction of sp³-hybridized carbons (Fsp3) is 0.333. The molecule has 0 aliphatic rings. The summed E-state index contributed by atoms with van der Waals surface area (Å²) in [6.45, 7) is 3.98. The van der Waals surface area contributed by atoms with Crippen molar-refractivity contribution in [2.75, 3.05) is 7.11 Å². The number of methoxy groups -OCH3 is 1. The molecular weight excluding hydrogens is 387 g/mol. The molecule has 158 valence electrons. The summed E-state index contributed by atoms with van der Waals surface area (Å²) in [5.74, 6) is 0.351. The van der Waals surface area contributed by atoms with Crippen LogP contribution in [0.2, 0.25) is 0 Å². The largest absolute Gasteiger partial charge is 0.635 e. The lowest BCUT2D eigenvalue weighted by molar-refractivity contribution is -0.123. The van der Waals surface area contributed by atoms with Gasteiger partial charge in [0.2, 0.25) is 5.91 Å². The first kappa shape index (κ1) is 21.8. The Morgan fingerprint density at radius 2 is 2.07 bits per heavy atom. The van der Waals surface area contributed by atoms with Gasteiger partial charge in [0.15, 0.2) is 0 Å². The van der Waals surface area contributed by atoms with Gasteiger partial charge < -0.3 is 29.2 Å². The molecule has 30 heavy (non-hydrogen) atoms. The second-order valence-electron chi connectivity index (χ2n) is 7.06. The average molecular weight is 412 g/mol. The summed E-state index contributed by atoms with van der Waals surface area (Å²) in [7, 11) is -0.452. The maximum absolute atomic E-state index is 12.4. The third-order valence-electron chi connectivity index (χ3n) is 5.00. The number of amides is 1. The molecule has 8 nitrogen and oxygen atoms in total. The molecule has 0 spiro atoms. The number of hydrogen-bond acceptors (Lipinski definition) is 7. The highest BCUT2D eigenvalue weighted by molar-refractivity contribution is 6.32. The van der Waals surface area contributed by atoms with Crippen LogP contribution in [0.5, 0.6) is 5.75 Å². The molecule has 0 aliphatic carbocycles. The van der Waals surface area contributed by atoms with Crippen LogP contribution in [-0.4, -0.2) is 41.6 Å². The summed E-state index contributed by atoms with van der Waals surface area (Å²) in [5.41, 5.74) is 4.47. The van der Waals surface area contributed by atoms with Crippen LogP contribution in [-0.2, 0) is 22.3 Å². The van der Waals surface area contributed by atoms with Gasteiger partial charge in [0, 0.05) is 29.5 Å². The van der Waals surface area contributed by atoms with E-state index in [0.29, 0.717) is 12.2 Å². The van der Waals surface area contributed by atoms with Gasteiger partial charge in [-0.1, -0.05) is 12.1 Å². The summed E-state index contributed by atoms with van der Waals surface area (Å²) in [6.07, 6.45) is 3.09. The third-order valence-corrected chi connectivity index (χ3v) is 5.00. The highest BCUT2D eigenvalue weighted by Crippen LogP contribution is 2.27. The molecule has 1 atom stereocenters. The predicted octanol–water partition coefficient (Wildman–Crippen LogP) is 2.06. The second kappa shape index (κ2) is 9.75. The Kier molecular flexibility index (Phi) is 7.09. The van der Waals surface area contributed by atoms with Crippen LogP contribution >= 0.6 is 0 Å². The molecule has 0 unspecified atom stereocenters. The minimum atomic E-state index is -2.01. The number of benzene rings is 1. The van der Waals surface area contributed by atoms with E-state index in [1.165, 1.54) is 0 Å². The summed E-state index contributed by atoms with van der Waals surface area (Å²) >= 11 is 0. The SMILES string of the molecule is COc1ccc(CCC(=O)N[C@@H](Cc2coc3c(C)c(C)ccc23)OB(O)O)nc1. The number of nitrogens with zero attached hydrogens (tertiary/aromatic N) is 1. The van der Waals surface area contributed by atoms with E-state index in [4.69, 9.17) is 13.8 Å². The molecule has 3 N–H and O–H groups in total. The Bertz CT molecular complexity index is 1000. The van der Waals surface area contributed by atoms with Crippen molar-refractivity contribution >= 4 is 24.2 Å². The van der Waals surface area contributed by atoms with Gasteiger partial charge in [-0.05, 0) is 43.5 Å². The lowest BCUT2D eigenvalue weighted by Gasteiger charge is -2.19. The van der Waals surface area contributed by atoms with E-state index in [-0.39, 0.29) is 18.7 Å². The zero-order valence-electron chi connectivity index (χ0n) is 17.2. The highest BCUT2D eigenvalue weighted by Gasteiger charge is 2.22. The van der Waals surface area contributed by atoms with E-state index < -0.39 is 13.5 Å². The molecule has 0 bridgehead atoms. The molecule has 3 aromatic rings. The van der Waals surface area contributed by atoms with E-state index in [1.54, 1.807) is 31.7 Å². The Balaban J connectivity index is 1.65. The number of pyridine rings is 1. The van der Waals surface area contributed by atoms with Crippen molar-refractivity contribution in [3.05, 3.63) is 59.1 Å². The molecule has 0 radical (unpaired) electrons. The van der Waals surface area contributed by atoms with E-state index in [0.717, 1.165) is 33.4 Å². The van der Waals surface area contributed by atoms with Crippen LogP contribution in [0.15, 0.2) is 41.1 Å². The molecule has 0 fully saturated rings. The van der Waals surface area contributed by atoms with Crippen LogP contribution in [0.25, 0.3) is 11.0 Å². The van der Waals surface area contributed by atoms with E-state index >= 15 is 0 Å². The Morgan fingerprint density at radius 3 is 2.73 bits per heavy atom. The number of furan rings is 1. The molecular formula is C21H25BN2O6. The van der Waals surface area contributed by atoms with Gasteiger partial charge in [-0.3, -0.25) is 9.78 Å². The number of nitrogens with one attached hydrogen (secondary N) is 1. The molecule has 0 saturated carbocycles.